The van der Waals surface area contributed by atoms with E-state index in [-0.39, 0.29) is 6.42 Å². The number of aliphatic carboxylic acids is 1. The normalized spacial score (nSPS) is 10.8. The quantitative estimate of drug-likeness (QED) is 0.436. The fourth-order valence-corrected chi connectivity index (χ4v) is 3.33. The van der Waals surface area contributed by atoms with Gasteiger partial charge in [-0.1, -0.05) is 68.3 Å². The van der Waals surface area contributed by atoms with Crippen LogP contribution in [0.3, 0.4) is 0 Å². The lowest BCUT2D eigenvalue weighted by molar-refractivity contribution is -0.137. The zero-order valence-corrected chi connectivity index (χ0v) is 17.0. The molecule has 0 radical (unpaired) electrons. The van der Waals surface area contributed by atoms with Crippen molar-refractivity contribution in [2.75, 3.05) is 0 Å². The molecule has 1 N–H and O–H groups in total. The molecular weight excluding hydrogens is 360 g/mol. The van der Waals surface area contributed by atoms with Crippen molar-refractivity contribution in [2.24, 2.45) is 0 Å². The van der Waals surface area contributed by atoms with Gasteiger partial charge in [0, 0.05) is 24.4 Å². The molecule has 4 nitrogen and oxygen atoms in total. The summed E-state index contributed by atoms with van der Waals surface area (Å²) in [6.07, 6.45) is 10.2. The van der Waals surface area contributed by atoms with Gasteiger partial charge in [0.15, 0.2) is 5.82 Å². The molecule has 4 heteroatoms. The second-order valence-corrected chi connectivity index (χ2v) is 7.39. The van der Waals surface area contributed by atoms with Crippen LogP contribution in [0, 0.1) is 0 Å². The van der Waals surface area contributed by atoms with Crippen LogP contribution in [0.25, 0.3) is 22.5 Å². The van der Waals surface area contributed by atoms with E-state index in [1.807, 2.05) is 12.4 Å². The molecule has 0 saturated heterocycles. The first-order chi connectivity index (χ1) is 14.2. The Balaban J connectivity index is 1.61. The molecule has 0 fully saturated rings. The third-order valence-electron chi connectivity index (χ3n) is 5.06. The number of carboxylic acids is 1. The summed E-state index contributed by atoms with van der Waals surface area (Å²) < 4.78 is 0. The van der Waals surface area contributed by atoms with Crippen molar-refractivity contribution in [3.63, 3.8) is 0 Å². The number of carboxylic acid groups (broad SMARTS) is 1. The average Bonchev–Trinajstić information content (AvgIpc) is 2.75. The van der Waals surface area contributed by atoms with Gasteiger partial charge in [-0.05, 0) is 47.9 Å². The van der Waals surface area contributed by atoms with Gasteiger partial charge in [-0.25, -0.2) is 9.97 Å². The number of rotatable bonds is 10. The van der Waals surface area contributed by atoms with E-state index in [0.29, 0.717) is 6.42 Å². The molecule has 0 aliphatic rings. The van der Waals surface area contributed by atoms with E-state index in [0.717, 1.165) is 35.4 Å². The monoisotopic (exact) mass is 388 g/mol. The van der Waals surface area contributed by atoms with Crippen LogP contribution in [0.15, 0.2) is 60.9 Å². The lowest BCUT2D eigenvalue weighted by atomic mass is 10.0. The molecule has 29 heavy (non-hydrogen) atoms. The van der Waals surface area contributed by atoms with E-state index in [4.69, 9.17) is 5.11 Å². The molecular formula is C25H28N2O2. The molecule has 3 aromatic rings. The van der Waals surface area contributed by atoms with Crippen molar-refractivity contribution in [1.29, 1.82) is 0 Å². The van der Waals surface area contributed by atoms with Crippen LogP contribution in [0.4, 0.5) is 0 Å². The van der Waals surface area contributed by atoms with Crippen molar-refractivity contribution in [3.05, 3.63) is 72.1 Å². The molecule has 0 spiro atoms. The maximum Gasteiger partial charge on any atom is 0.303 e. The maximum atomic E-state index is 10.6. The van der Waals surface area contributed by atoms with Crippen LogP contribution in [-0.4, -0.2) is 21.0 Å². The smallest absolute Gasteiger partial charge is 0.303 e. The van der Waals surface area contributed by atoms with Crippen LogP contribution in [0.1, 0.15) is 50.2 Å². The lowest BCUT2D eigenvalue weighted by Crippen LogP contribution is -1.95. The first-order valence-corrected chi connectivity index (χ1v) is 10.4. The number of aromatic nitrogens is 2. The fourth-order valence-electron chi connectivity index (χ4n) is 3.33. The average molecular weight is 389 g/mol. The van der Waals surface area contributed by atoms with Gasteiger partial charge in [0.1, 0.15) is 0 Å². The van der Waals surface area contributed by atoms with Crippen LogP contribution in [-0.2, 0) is 17.6 Å². The van der Waals surface area contributed by atoms with Gasteiger partial charge in [0.05, 0.1) is 0 Å². The summed E-state index contributed by atoms with van der Waals surface area (Å²) in [5, 5.41) is 8.74. The number of aryl methyl sites for hydroxylation is 2. The Morgan fingerprint density at radius 1 is 0.759 bits per heavy atom. The van der Waals surface area contributed by atoms with E-state index in [1.54, 1.807) is 0 Å². The van der Waals surface area contributed by atoms with Gasteiger partial charge >= 0.3 is 5.97 Å². The lowest BCUT2D eigenvalue weighted by Gasteiger charge is -2.06. The highest BCUT2D eigenvalue weighted by Gasteiger charge is 2.04. The van der Waals surface area contributed by atoms with Gasteiger partial charge in [-0.2, -0.15) is 0 Å². The van der Waals surface area contributed by atoms with Crippen molar-refractivity contribution in [3.8, 4) is 22.5 Å². The third kappa shape index (κ3) is 6.24. The summed E-state index contributed by atoms with van der Waals surface area (Å²) in [5.74, 6) is 0.0152. The molecule has 0 bridgehead atoms. The maximum absolute atomic E-state index is 10.6. The Labute approximate surface area is 172 Å². The largest absolute Gasteiger partial charge is 0.481 e. The number of nitrogens with zero attached hydrogens (tertiary/aromatic N) is 2. The van der Waals surface area contributed by atoms with Crippen LogP contribution in [0.5, 0.6) is 0 Å². The predicted octanol–water partition coefficient (Wildman–Crippen LogP) is 5.95. The number of hydrogen-bond acceptors (Lipinski definition) is 3. The molecule has 150 valence electrons. The number of benzene rings is 2. The van der Waals surface area contributed by atoms with E-state index in [9.17, 15) is 4.79 Å². The molecule has 0 amide bonds. The summed E-state index contributed by atoms with van der Waals surface area (Å²) in [6, 6.07) is 16.6. The van der Waals surface area contributed by atoms with Crippen molar-refractivity contribution < 1.29 is 9.90 Å². The SMILES string of the molecule is CCCCCc1cnc(-c2ccc(-c3ccc(CCCC(=O)O)cc3)cc2)nc1. The molecule has 1 heterocycles. The summed E-state index contributed by atoms with van der Waals surface area (Å²) >= 11 is 0. The predicted molar refractivity (Wildman–Crippen MR) is 117 cm³/mol. The van der Waals surface area contributed by atoms with Crippen molar-refractivity contribution >= 4 is 5.97 Å². The third-order valence-corrected chi connectivity index (χ3v) is 5.06. The van der Waals surface area contributed by atoms with Crippen molar-refractivity contribution in [1.82, 2.24) is 9.97 Å². The van der Waals surface area contributed by atoms with Crippen molar-refractivity contribution in [2.45, 2.75) is 51.9 Å². The zero-order chi connectivity index (χ0) is 20.5. The summed E-state index contributed by atoms with van der Waals surface area (Å²) in [7, 11) is 0. The molecule has 0 saturated carbocycles. The standard InChI is InChI=1S/C25H28N2O2/c1-2-3-4-6-20-17-26-25(27-18-20)23-15-13-22(14-16-23)21-11-9-19(10-12-21)7-5-8-24(28)29/h9-18H,2-8H2,1H3,(H,28,29). The number of carbonyl (C=O) groups is 1. The highest BCUT2D eigenvalue weighted by Crippen LogP contribution is 2.24. The molecule has 3 rings (SSSR count). The van der Waals surface area contributed by atoms with Crippen LogP contribution >= 0.6 is 0 Å². The Hall–Kier alpha value is -3.01. The van der Waals surface area contributed by atoms with Gasteiger partial charge < -0.3 is 5.11 Å². The minimum absolute atomic E-state index is 0.213. The van der Waals surface area contributed by atoms with Gasteiger partial charge in [0.2, 0.25) is 0 Å². The van der Waals surface area contributed by atoms with E-state index in [1.165, 1.54) is 30.4 Å². The van der Waals surface area contributed by atoms with E-state index >= 15 is 0 Å². The van der Waals surface area contributed by atoms with Gasteiger partial charge in [0.25, 0.3) is 0 Å². The number of hydrogen-bond donors (Lipinski definition) is 1. The Morgan fingerprint density at radius 2 is 1.31 bits per heavy atom. The molecule has 0 unspecified atom stereocenters. The molecule has 0 aliphatic carbocycles. The second kappa shape index (κ2) is 10.5. The van der Waals surface area contributed by atoms with Gasteiger partial charge in [-0.3, -0.25) is 4.79 Å². The Morgan fingerprint density at radius 3 is 1.90 bits per heavy atom. The molecule has 0 atom stereocenters. The zero-order valence-electron chi connectivity index (χ0n) is 17.0. The summed E-state index contributed by atoms with van der Waals surface area (Å²) in [6.45, 7) is 2.21. The molecule has 2 aromatic carbocycles. The topological polar surface area (TPSA) is 63.1 Å². The van der Waals surface area contributed by atoms with E-state index in [2.05, 4.69) is 65.4 Å². The first-order valence-electron chi connectivity index (χ1n) is 10.4. The first kappa shape index (κ1) is 20.7. The number of unbranched alkanes of at least 4 members (excludes halogenated alkanes) is 2. The Bertz CT molecular complexity index is 901. The minimum atomic E-state index is -0.739. The highest BCUT2D eigenvalue weighted by atomic mass is 16.4. The summed E-state index contributed by atoms with van der Waals surface area (Å²) in [4.78, 5) is 19.7. The van der Waals surface area contributed by atoms with E-state index < -0.39 is 5.97 Å². The Kier molecular flexibility index (Phi) is 7.51. The minimum Gasteiger partial charge on any atom is -0.481 e. The van der Waals surface area contributed by atoms with Crippen LogP contribution < -0.4 is 0 Å². The second-order valence-electron chi connectivity index (χ2n) is 7.39. The highest BCUT2D eigenvalue weighted by molar-refractivity contribution is 5.68. The fraction of sp³-hybridized carbons (Fsp3) is 0.320. The molecule has 0 aliphatic heterocycles. The summed E-state index contributed by atoms with van der Waals surface area (Å²) in [5.41, 5.74) is 5.66. The van der Waals surface area contributed by atoms with Gasteiger partial charge in [-0.15, -0.1) is 0 Å². The van der Waals surface area contributed by atoms with Crippen LogP contribution in [0.2, 0.25) is 0 Å². The molecule has 1 aromatic heterocycles.